The molecule has 20 heavy (non-hydrogen) atoms. The lowest BCUT2D eigenvalue weighted by Crippen LogP contribution is -2.14. The van der Waals surface area contributed by atoms with Crippen LogP contribution in [0.25, 0.3) is 0 Å². The number of rotatable bonds is 7. The summed E-state index contributed by atoms with van der Waals surface area (Å²) in [5.41, 5.74) is 0.429. The van der Waals surface area contributed by atoms with E-state index in [0.717, 1.165) is 0 Å². The summed E-state index contributed by atoms with van der Waals surface area (Å²) < 4.78 is 9.93. The number of anilines is 1. The number of nitro benzene ring substituents is 1. The van der Waals surface area contributed by atoms with Gasteiger partial charge in [-0.3, -0.25) is 10.1 Å². The van der Waals surface area contributed by atoms with Gasteiger partial charge in [0.2, 0.25) is 0 Å². The maximum Gasteiger partial charge on any atom is 0.337 e. The zero-order valence-electron chi connectivity index (χ0n) is 11.7. The van der Waals surface area contributed by atoms with Gasteiger partial charge in [-0.2, -0.15) is 0 Å². The molecule has 1 aromatic rings. The molecule has 7 nitrogen and oxygen atoms in total. The van der Waals surface area contributed by atoms with Crippen LogP contribution in [0.4, 0.5) is 11.4 Å². The Morgan fingerprint density at radius 3 is 2.70 bits per heavy atom. The van der Waals surface area contributed by atoms with Crippen molar-refractivity contribution in [2.24, 2.45) is 0 Å². The van der Waals surface area contributed by atoms with Crippen molar-refractivity contribution in [2.45, 2.75) is 20.0 Å². The zero-order valence-corrected chi connectivity index (χ0v) is 11.7. The number of carbonyl (C=O) groups is 1. The largest absolute Gasteiger partial charge is 0.465 e. The van der Waals surface area contributed by atoms with Gasteiger partial charge in [0.25, 0.3) is 5.69 Å². The molecule has 0 heterocycles. The lowest BCUT2D eigenvalue weighted by molar-refractivity contribution is -0.384. The number of benzene rings is 1. The van der Waals surface area contributed by atoms with Crippen LogP contribution < -0.4 is 5.32 Å². The Labute approximate surface area is 117 Å². The Balaban J connectivity index is 2.83. The molecule has 110 valence electrons. The van der Waals surface area contributed by atoms with Crippen molar-refractivity contribution in [1.29, 1.82) is 0 Å². The van der Waals surface area contributed by atoms with E-state index in [1.165, 1.54) is 25.3 Å². The second kappa shape index (κ2) is 7.44. The highest BCUT2D eigenvalue weighted by Gasteiger charge is 2.16. The third-order valence-electron chi connectivity index (χ3n) is 2.48. The van der Waals surface area contributed by atoms with Gasteiger partial charge in [-0.15, -0.1) is 0 Å². The van der Waals surface area contributed by atoms with Crippen molar-refractivity contribution < 1.29 is 19.2 Å². The molecule has 0 aliphatic heterocycles. The van der Waals surface area contributed by atoms with E-state index < -0.39 is 10.9 Å². The minimum absolute atomic E-state index is 0.0909. The van der Waals surface area contributed by atoms with E-state index >= 15 is 0 Å². The van der Waals surface area contributed by atoms with E-state index in [2.05, 4.69) is 10.1 Å². The Hall–Kier alpha value is -2.15. The molecule has 0 aromatic heterocycles. The molecule has 0 aliphatic carbocycles. The third kappa shape index (κ3) is 4.51. The van der Waals surface area contributed by atoms with Crippen LogP contribution in [0.1, 0.15) is 24.2 Å². The Bertz CT molecular complexity index is 488. The van der Waals surface area contributed by atoms with Crippen molar-refractivity contribution in [1.82, 2.24) is 0 Å². The van der Waals surface area contributed by atoms with Crippen LogP contribution in [0.3, 0.4) is 0 Å². The first kappa shape index (κ1) is 15.9. The van der Waals surface area contributed by atoms with E-state index in [4.69, 9.17) is 4.74 Å². The number of nitrogens with zero attached hydrogens (tertiary/aromatic N) is 1. The van der Waals surface area contributed by atoms with Crippen molar-refractivity contribution in [3.63, 3.8) is 0 Å². The summed E-state index contributed by atoms with van der Waals surface area (Å²) in [7, 11) is 1.26. The van der Waals surface area contributed by atoms with Gasteiger partial charge >= 0.3 is 5.97 Å². The summed E-state index contributed by atoms with van der Waals surface area (Å²) in [6, 6.07) is 4.04. The van der Waals surface area contributed by atoms with Crippen LogP contribution in [0.5, 0.6) is 0 Å². The zero-order chi connectivity index (χ0) is 15.1. The SMILES string of the molecule is COC(=O)c1ccc([N+](=O)[O-])c(NCCOC(C)C)c1. The molecule has 0 radical (unpaired) electrons. The summed E-state index contributed by atoms with van der Waals surface area (Å²) >= 11 is 0. The number of hydrogen-bond acceptors (Lipinski definition) is 6. The number of hydrogen-bond donors (Lipinski definition) is 1. The fourth-order valence-electron chi connectivity index (χ4n) is 1.56. The average molecular weight is 282 g/mol. The highest BCUT2D eigenvalue weighted by Crippen LogP contribution is 2.25. The van der Waals surface area contributed by atoms with Gasteiger partial charge in [-0.05, 0) is 26.0 Å². The third-order valence-corrected chi connectivity index (χ3v) is 2.48. The number of methoxy groups -OCH3 is 1. The molecule has 0 spiro atoms. The van der Waals surface area contributed by atoms with Crippen LogP contribution in [0.2, 0.25) is 0 Å². The Kier molecular flexibility index (Phi) is 5.92. The lowest BCUT2D eigenvalue weighted by atomic mass is 10.1. The minimum atomic E-state index is -0.540. The van der Waals surface area contributed by atoms with Gasteiger partial charge in [0.1, 0.15) is 5.69 Å². The molecular weight excluding hydrogens is 264 g/mol. The van der Waals surface area contributed by atoms with Crippen LogP contribution in [0.15, 0.2) is 18.2 Å². The molecule has 0 atom stereocenters. The standard InChI is InChI=1S/C13H18N2O5/c1-9(2)20-7-6-14-11-8-10(13(16)19-3)4-5-12(11)15(17)18/h4-5,8-9,14H,6-7H2,1-3H3. The van der Waals surface area contributed by atoms with Gasteiger partial charge in [0.05, 0.1) is 30.3 Å². The molecule has 0 aliphatic rings. The molecule has 1 aromatic carbocycles. The topological polar surface area (TPSA) is 90.7 Å². The number of ether oxygens (including phenoxy) is 2. The molecule has 0 fully saturated rings. The summed E-state index contributed by atoms with van der Waals surface area (Å²) in [6.45, 7) is 4.63. The number of nitro groups is 1. The lowest BCUT2D eigenvalue weighted by Gasteiger charge is -2.10. The van der Waals surface area contributed by atoms with Gasteiger partial charge in [0, 0.05) is 12.6 Å². The predicted octanol–water partition coefficient (Wildman–Crippen LogP) is 2.22. The summed E-state index contributed by atoms with van der Waals surface area (Å²) in [6.07, 6.45) is 0.0909. The highest BCUT2D eigenvalue weighted by molar-refractivity contribution is 5.91. The summed E-state index contributed by atoms with van der Waals surface area (Å²) in [5.74, 6) is -0.540. The van der Waals surface area contributed by atoms with Crippen LogP contribution >= 0.6 is 0 Å². The van der Waals surface area contributed by atoms with Gasteiger partial charge in [0.15, 0.2) is 0 Å². The molecule has 0 bridgehead atoms. The first-order valence-electron chi connectivity index (χ1n) is 6.18. The van der Waals surface area contributed by atoms with Crippen molar-refractivity contribution in [2.75, 3.05) is 25.6 Å². The molecule has 0 saturated heterocycles. The molecular formula is C13H18N2O5. The van der Waals surface area contributed by atoms with Crippen LogP contribution in [0, 0.1) is 10.1 Å². The maximum atomic E-state index is 11.4. The molecule has 0 amide bonds. The molecule has 1 rings (SSSR count). The summed E-state index contributed by atoms with van der Waals surface area (Å²) in [5, 5.41) is 13.8. The maximum absolute atomic E-state index is 11.4. The van der Waals surface area contributed by atoms with Gasteiger partial charge < -0.3 is 14.8 Å². The first-order valence-corrected chi connectivity index (χ1v) is 6.18. The number of carbonyl (C=O) groups excluding carboxylic acids is 1. The normalized spacial score (nSPS) is 10.4. The summed E-state index contributed by atoms with van der Waals surface area (Å²) in [4.78, 5) is 21.8. The second-order valence-electron chi connectivity index (χ2n) is 4.33. The van der Waals surface area contributed by atoms with Crippen molar-refractivity contribution in [3.8, 4) is 0 Å². The van der Waals surface area contributed by atoms with E-state index in [9.17, 15) is 14.9 Å². The fourth-order valence-corrected chi connectivity index (χ4v) is 1.56. The highest BCUT2D eigenvalue weighted by atomic mass is 16.6. The van der Waals surface area contributed by atoms with Crippen molar-refractivity contribution in [3.05, 3.63) is 33.9 Å². The quantitative estimate of drug-likeness (QED) is 0.357. The smallest absolute Gasteiger partial charge is 0.337 e. The molecule has 0 saturated carbocycles. The molecule has 7 heteroatoms. The van der Waals surface area contributed by atoms with Crippen LogP contribution in [-0.4, -0.2) is 37.3 Å². The van der Waals surface area contributed by atoms with Crippen LogP contribution in [-0.2, 0) is 9.47 Å². The molecule has 0 unspecified atom stereocenters. The monoisotopic (exact) mass is 282 g/mol. The van der Waals surface area contributed by atoms with Gasteiger partial charge in [-0.25, -0.2) is 4.79 Å². The number of esters is 1. The van der Waals surface area contributed by atoms with E-state index in [0.29, 0.717) is 13.2 Å². The van der Waals surface area contributed by atoms with E-state index in [1.54, 1.807) is 0 Å². The average Bonchev–Trinajstić information content (AvgIpc) is 2.42. The Morgan fingerprint density at radius 1 is 1.45 bits per heavy atom. The predicted molar refractivity (Wildman–Crippen MR) is 74.0 cm³/mol. The Morgan fingerprint density at radius 2 is 2.15 bits per heavy atom. The fraction of sp³-hybridized carbons (Fsp3) is 0.462. The molecule has 1 N–H and O–H groups in total. The second-order valence-corrected chi connectivity index (χ2v) is 4.33. The minimum Gasteiger partial charge on any atom is -0.465 e. The number of nitrogens with one attached hydrogen (secondary N) is 1. The van der Waals surface area contributed by atoms with E-state index in [1.807, 2.05) is 13.8 Å². The first-order chi connectivity index (χ1) is 9.45. The van der Waals surface area contributed by atoms with E-state index in [-0.39, 0.29) is 23.0 Å². The van der Waals surface area contributed by atoms with Crippen molar-refractivity contribution >= 4 is 17.3 Å². The van der Waals surface area contributed by atoms with Gasteiger partial charge in [-0.1, -0.05) is 0 Å².